The van der Waals surface area contributed by atoms with Gasteiger partial charge in [-0.25, -0.2) is 0 Å². The van der Waals surface area contributed by atoms with E-state index in [-0.39, 0.29) is 11.9 Å². The first-order valence-electron chi connectivity index (χ1n) is 9.72. The molecule has 1 aliphatic heterocycles. The van der Waals surface area contributed by atoms with Crippen molar-refractivity contribution in [2.75, 3.05) is 32.7 Å². The number of nitrogens with one attached hydrogen (secondary N) is 1. The molecule has 0 saturated carbocycles. The van der Waals surface area contributed by atoms with Crippen molar-refractivity contribution < 1.29 is 4.79 Å². The van der Waals surface area contributed by atoms with Crippen LogP contribution in [0.5, 0.6) is 0 Å². The molecule has 1 fully saturated rings. The molecule has 0 spiro atoms. The lowest BCUT2D eigenvalue weighted by Gasteiger charge is -2.34. The molecule has 1 aliphatic rings. The quantitative estimate of drug-likeness (QED) is 0.854. The van der Waals surface area contributed by atoms with E-state index >= 15 is 0 Å². The van der Waals surface area contributed by atoms with E-state index in [1.54, 1.807) is 0 Å². The fraction of sp³-hybridized carbons (Fsp3) is 0.455. The van der Waals surface area contributed by atoms with E-state index in [4.69, 9.17) is 0 Å². The van der Waals surface area contributed by atoms with Crippen LogP contribution in [0, 0.1) is 13.8 Å². The third-order valence-electron chi connectivity index (χ3n) is 5.28. The average molecular weight is 367 g/mol. The van der Waals surface area contributed by atoms with Crippen LogP contribution in [0.1, 0.15) is 35.3 Å². The molecule has 0 bridgehead atoms. The fourth-order valence-electron chi connectivity index (χ4n) is 3.43. The second kappa shape index (κ2) is 9.11. The smallest absolute Gasteiger partial charge is 0.234 e. The number of piperazine rings is 1. The van der Waals surface area contributed by atoms with Gasteiger partial charge < -0.3 is 5.32 Å². The highest BCUT2D eigenvalue weighted by atomic mass is 16.2. The van der Waals surface area contributed by atoms with Crippen LogP contribution in [0.25, 0.3) is 0 Å². The van der Waals surface area contributed by atoms with E-state index in [0.29, 0.717) is 6.54 Å². The summed E-state index contributed by atoms with van der Waals surface area (Å²) in [5, 5.41) is 3.12. The predicted molar refractivity (Wildman–Crippen MR) is 108 cm³/mol. The Kier molecular flexibility index (Phi) is 6.58. The standard InChI is InChI=1S/C22H30N4O/c1-17-6-8-20(9-7-17)19(3)24-22(27)16-26-13-11-25(12-14-26)15-21-18(2)5-4-10-23-21/h4-10,19H,11-16H2,1-3H3,(H,24,27)/t19-/m0/s1. The summed E-state index contributed by atoms with van der Waals surface area (Å²) in [7, 11) is 0. The summed E-state index contributed by atoms with van der Waals surface area (Å²) >= 11 is 0. The number of benzene rings is 1. The first-order valence-corrected chi connectivity index (χ1v) is 9.72. The Hall–Kier alpha value is -2.24. The third-order valence-corrected chi connectivity index (χ3v) is 5.28. The second-order valence-corrected chi connectivity index (χ2v) is 7.52. The van der Waals surface area contributed by atoms with E-state index in [9.17, 15) is 4.79 Å². The van der Waals surface area contributed by atoms with Gasteiger partial charge in [-0.3, -0.25) is 19.6 Å². The maximum Gasteiger partial charge on any atom is 0.234 e. The minimum absolute atomic E-state index is 0.0338. The van der Waals surface area contributed by atoms with Crippen LogP contribution < -0.4 is 5.32 Å². The molecule has 0 aliphatic carbocycles. The number of rotatable bonds is 6. The Labute approximate surface area is 162 Å². The third kappa shape index (κ3) is 5.62. The SMILES string of the molecule is Cc1ccc([C@H](C)NC(=O)CN2CCN(Cc3ncccc3C)CC2)cc1. The van der Waals surface area contributed by atoms with E-state index in [0.717, 1.165) is 44.0 Å². The zero-order chi connectivity index (χ0) is 19.2. The summed E-state index contributed by atoms with van der Waals surface area (Å²) in [6.45, 7) is 11.3. The van der Waals surface area contributed by atoms with Crippen LogP contribution >= 0.6 is 0 Å². The van der Waals surface area contributed by atoms with Gasteiger partial charge in [-0.05, 0) is 38.0 Å². The molecule has 1 amide bonds. The first-order chi connectivity index (χ1) is 13.0. The monoisotopic (exact) mass is 366 g/mol. The van der Waals surface area contributed by atoms with E-state index in [2.05, 4.69) is 64.3 Å². The lowest BCUT2D eigenvalue weighted by molar-refractivity contribution is -0.123. The summed E-state index contributed by atoms with van der Waals surface area (Å²) in [5.41, 5.74) is 4.76. The van der Waals surface area contributed by atoms with Crippen molar-refractivity contribution in [3.8, 4) is 0 Å². The number of nitrogens with zero attached hydrogens (tertiary/aromatic N) is 3. The number of aryl methyl sites for hydroxylation is 2. The van der Waals surface area contributed by atoms with E-state index in [1.807, 2.05) is 19.2 Å². The van der Waals surface area contributed by atoms with Crippen molar-refractivity contribution >= 4 is 5.91 Å². The molecule has 1 atom stereocenters. The van der Waals surface area contributed by atoms with Gasteiger partial charge in [0.15, 0.2) is 0 Å². The predicted octanol–water partition coefficient (Wildman–Crippen LogP) is 2.69. The van der Waals surface area contributed by atoms with Crippen molar-refractivity contribution in [3.63, 3.8) is 0 Å². The Morgan fingerprint density at radius 3 is 2.41 bits per heavy atom. The fourth-order valence-corrected chi connectivity index (χ4v) is 3.43. The highest BCUT2D eigenvalue weighted by Crippen LogP contribution is 2.13. The lowest BCUT2D eigenvalue weighted by atomic mass is 10.1. The number of hydrogen-bond acceptors (Lipinski definition) is 4. The highest BCUT2D eigenvalue weighted by Gasteiger charge is 2.20. The molecule has 27 heavy (non-hydrogen) atoms. The summed E-state index contributed by atoms with van der Waals surface area (Å²) in [6.07, 6.45) is 1.86. The van der Waals surface area contributed by atoms with Crippen LogP contribution in [0.15, 0.2) is 42.6 Å². The molecule has 1 aromatic heterocycles. The van der Waals surface area contributed by atoms with Crippen molar-refractivity contribution in [2.24, 2.45) is 0 Å². The van der Waals surface area contributed by atoms with Crippen LogP contribution in [0.4, 0.5) is 0 Å². The lowest BCUT2D eigenvalue weighted by Crippen LogP contribution is -2.49. The summed E-state index contributed by atoms with van der Waals surface area (Å²) in [4.78, 5) is 21.5. The Morgan fingerprint density at radius 2 is 1.74 bits per heavy atom. The molecule has 2 aromatic rings. The van der Waals surface area contributed by atoms with Crippen LogP contribution in [0.2, 0.25) is 0 Å². The Morgan fingerprint density at radius 1 is 1.07 bits per heavy atom. The molecular formula is C22H30N4O. The van der Waals surface area contributed by atoms with E-state index in [1.165, 1.54) is 11.1 Å². The summed E-state index contributed by atoms with van der Waals surface area (Å²) in [5.74, 6) is 0.0945. The van der Waals surface area contributed by atoms with Gasteiger partial charge in [0, 0.05) is 38.9 Å². The van der Waals surface area contributed by atoms with Crippen molar-refractivity contribution in [1.82, 2.24) is 20.1 Å². The van der Waals surface area contributed by atoms with Gasteiger partial charge in [0.2, 0.25) is 5.91 Å². The number of aromatic nitrogens is 1. The molecule has 1 saturated heterocycles. The molecule has 0 unspecified atom stereocenters. The zero-order valence-corrected chi connectivity index (χ0v) is 16.6. The van der Waals surface area contributed by atoms with Gasteiger partial charge in [-0.1, -0.05) is 35.9 Å². The van der Waals surface area contributed by atoms with Gasteiger partial charge in [0.05, 0.1) is 18.3 Å². The summed E-state index contributed by atoms with van der Waals surface area (Å²) < 4.78 is 0. The maximum absolute atomic E-state index is 12.4. The number of amides is 1. The average Bonchev–Trinajstić information content (AvgIpc) is 2.65. The molecule has 1 N–H and O–H groups in total. The van der Waals surface area contributed by atoms with Gasteiger partial charge >= 0.3 is 0 Å². The van der Waals surface area contributed by atoms with Crippen molar-refractivity contribution in [1.29, 1.82) is 0 Å². The largest absolute Gasteiger partial charge is 0.348 e. The zero-order valence-electron chi connectivity index (χ0n) is 16.6. The molecule has 3 rings (SSSR count). The Balaban J connectivity index is 1.42. The molecule has 144 valence electrons. The van der Waals surface area contributed by atoms with Crippen LogP contribution in [0.3, 0.4) is 0 Å². The van der Waals surface area contributed by atoms with Gasteiger partial charge in [-0.15, -0.1) is 0 Å². The van der Waals surface area contributed by atoms with Crippen LogP contribution in [-0.2, 0) is 11.3 Å². The maximum atomic E-state index is 12.4. The number of pyridine rings is 1. The number of carbonyl (C=O) groups is 1. The topological polar surface area (TPSA) is 48.5 Å². The van der Waals surface area contributed by atoms with E-state index < -0.39 is 0 Å². The molecular weight excluding hydrogens is 336 g/mol. The molecule has 1 aromatic carbocycles. The summed E-state index contributed by atoms with van der Waals surface area (Å²) in [6, 6.07) is 12.5. The second-order valence-electron chi connectivity index (χ2n) is 7.52. The molecule has 2 heterocycles. The highest BCUT2D eigenvalue weighted by molar-refractivity contribution is 5.78. The number of hydrogen-bond donors (Lipinski definition) is 1. The number of carbonyl (C=O) groups excluding carboxylic acids is 1. The Bertz CT molecular complexity index is 751. The first kappa shape index (κ1) is 19.5. The molecule has 5 heteroatoms. The molecule has 5 nitrogen and oxygen atoms in total. The van der Waals surface area contributed by atoms with Gasteiger partial charge in [-0.2, -0.15) is 0 Å². The van der Waals surface area contributed by atoms with Gasteiger partial charge in [0.1, 0.15) is 0 Å². The van der Waals surface area contributed by atoms with Gasteiger partial charge in [0.25, 0.3) is 0 Å². The minimum Gasteiger partial charge on any atom is -0.348 e. The van der Waals surface area contributed by atoms with Crippen LogP contribution in [-0.4, -0.2) is 53.4 Å². The van der Waals surface area contributed by atoms with Crippen molar-refractivity contribution in [2.45, 2.75) is 33.4 Å². The molecule has 0 radical (unpaired) electrons. The van der Waals surface area contributed by atoms with Crippen molar-refractivity contribution in [3.05, 3.63) is 65.0 Å². The normalized spacial score (nSPS) is 16.9. The minimum atomic E-state index is 0.0338.